The molecule has 0 saturated heterocycles. The Hall–Kier alpha value is -2.71. The average Bonchev–Trinajstić information content (AvgIpc) is 2.98. The van der Waals surface area contributed by atoms with Gasteiger partial charge in [-0.05, 0) is 22.8 Å². The van der Waals surface area contributed by atoms with Crippen molar-refractivity contribution in [3.8, 4) is 0 Å². The molecule has 132 valence electrons. The Labute approximate surface area is 156 Å². The molecule has 2 aromatic rings. The lowest BCUT2D eigenvalue weighted by Crippen LogP contribution is -2.28. The number of hydrogen-bond acceptors (Lipinski definition) is 2. The van der Waals surface area contributed by atoms with Crippen LogP contribution < -0.4 is 5.73 Å². The van der Waals surface area contributed by atoms with Gasteiger partial charge in [0, 0.05) is 17.5 Å². The van der Waals surface area contributed by atoms with Gasteiger partial charge in [0.25, 0.3) is 0 Å². The van der Waals surface area contributed by atoms with Gasteiger partial charge >= 0.3 is 0 Å². The summed E-state index contributed by atoms with van der Waals surface area (Å²) in [5.74, 6) is 0.212. The van der Waals surface area contributed by atoms with Crippen LogP contribution in [0.15, 0.2) is 96.6 Å². The third kappa shape index (κ3) is 3.61. The van der Waals surface area contributed by atoms with Crippen LogP contribution in [0.2, 0.25) is 0 Å². The van der Waals surface area contributed by atoms with E-state index in [9.17, 15) is 0 Å². The van der Waals surface area contributed by atoms with Crippen LogP contribution in [0.25, 0.3) is 10.8 Å². The van der Waals surface area contributed by atoms with E-state index >= 15 is 0 Å². The average molecular weight is 342 g/mol. The summed E-state index contributed by atoms with van der Waals surface area (Å²) in [6.45, 7) is 6.25. The molecule has 0 amide bonds. The van der Waals surface area contributed by atoms with Crippen molar-refractivity contribution in [2.45, 2.75) is 19.5 Å². The predicted octanol–water partition coefficient (Wildman–Crippen LogP) is 5.75. The number of allylic oxidation sites excluding steroid dienone is 7. The van der Waals surface area contributed by atoms with Gasteiger partial charge in [-0.15, -0.1) is 6.58 Å². The molecular formula is C24H26N2. The maximum atomic E-state index is 6.46. The van der Waals surface area contributed by atoms with E-state index in [-0.39, 0.29) is 11.3 Å². The first-order chi connectivity index (χ1) is 12.7. The van der Waals surface area contributed by atoms with E-state index in [1.807, 2.05) is 42.6 Å². The Kier molecular flexibility index (Phi) is 5.65. The topological polar surface area (TPSA) is 38.4 Å². The summed E-state index contributed by atoms with van der Waals surface area (Å²) in [5.41, 5.74) is 7.25. The fourth-order valence-electron chi connectivity index (χ4n) is 3.47. The molecule has 0 aromatic heterocycles. The molecule has 2 unspecified atom stereocenters. The van der Waals surface area contributed by atoms with Gasteiger partial charge in [-0.2, -0.15) is 0 Å². The molecule has 0 saturated carbocycles. The molecule has 2 nitrogen and oxygen atoms in total. The molecule has 2 heteroatoms. The largest absolute Gasteiger partial charge is 0.306 e. The molecule has 1 aliphatic carbocycles. The van der Waals surface area contributed by atoms with Gasteiger partial charge in [-0.3, -0.25) is 4.99 Å². The number of benzene rings is 2. The standard InChI is InChI=1S/C24H26N2/c1-3-24(4-2,20-14-7-5-6-8-15-20)18-26-23(25)22-17-11-13-19-12-9-10-16-21(19)22/h3,5-18,20,23H,1,4,25H2,2H3/b26-18-. The van der Waals surface area contributed by atoms with Crippen molar-refractivity contribution in [3.63, 3.8) is 0 Å². The highest BCUT2D eigenvalue weighted by molar-refractivity contribution is 5.86. The van der Waals surface area contributed by atoms with Crippen LogP contribution in [0.5, 0.6) is 0 Å². The van der Waals surface area contributed by atoms with Crippen LogP contribution in [-0.2, 0) is 0 Å². The summed E-state index contributed by atoms with van der Waals surface area (Å²) in [4.78, 5) is 4.76. The zero-order valence-corrected chi connectivity index (χ0v) is 15.3. The Bertz CT molecular complexity index is 867. The van der Waals surface area contributed by atoms with E-state index in [2.05, 4.69) is 62.1 Å². The third-order valence-electron chi connectivity index (χ3n) is 5.20. The van der Waals surface area contributed by atoms with Gasteiger partial charge in [0.15, 0.2) is 0 Å². The van der Waals surface area contributed by atoms with Crippen LogP contribution in [0.4, 0.5) is 0 Å². The van der Waals surface area contributed by atoms with Crippen LogP contribution >= 0.6 is 0 Å². The fourth-order valence-corrected chi connectivity index (χ4v) is 3.47. The molecule has 3 rings (SSSR count). The molecule has 0 spiro atoms. The van der Waals surface area contributed by atoms with Crippen LogP contribution in [0.1, 0.15) is 25.1 Å². The zero-order chi connectivity index (χ0) is 18.4. The third-order valence-corrected chi connectivity index (χ3v) is 5.20. The van der Waals surface area contributed by atoms with Crippen LogP contribution in [-0.4, -0.2) is 6.21 Å². The summed E-state index contributed by atoms with van der Waals surface area (Å²) >= 11 is 0. The molecule has 0 heterocycles. The predicted molar refractivity (Wildman–Crippen MR) is 113 cm³/mol. The van der Waals surface area contributed by atoms with Gasteiger partial charge in [0.2, 0.25) is 0 Å². The number of hydrogen-bond donors (Lipinski definition) is 1. The maximum absolute atomic E-state index is 6.46. The van der Waals surface area contributed by atoms with Crippen LogP contribution in [0, 0.1) is 11.3 Å². The van der Waals surface area contributed by atoms with Gasteiger partial charge < -0.3 is 5.73 Å². The lowest BCUT2D eigenvalue weighted by Gasteiger charge is -2.31. The number of nitrogens with zero attached hydrogens (tertiary/aromatic N) is 1. The molecule has 2 atom stereocenters. The summed E-state index contributed by atoms with van der Waals surface area (Å²) < 4.78 is 0. The first kappa shape index (κ1) is 18.1. The van der Waals surface area contributed by atoms with E-state index in [0.717, 1.165) is 17.4 Å². The van der Waals surface area contributed by atoms with Crippen molar-refractivity contribution in [2.24, 2.45) is 22.1 Å². The van der Waals surface area contributed by atoms with Crippen molar-refractivity contribution in [3.05, 3.63) is 97.1 Å². The molecule has 2 aromatic carbocycles. The smallest absolute Gasteiger partial charge is 0.123 e. The Morgan fingerprint density at radius 3 is 2.46 bits per heavy atom. The number of aliphatic imine (C=N–C) groups is 1. The molecular weight excluding hydrogens is 316 g/mol. The molecule has 0 radical (unpaired) electrons. The minimum absolute atomic E-state index is 0.212. The molecule has 0 fully saturated rings. The van der Waals surface area contributed by atoms with E-state index < -0.39 is 6.17 Å². The minimum atomic E-state index is -0.399. The number of rotatable bonds is 6. The molecule has 1 aliphatic rings. The van der Waals surface area contributed by atoms with E-state index in [0.29, 0.717) is 0 Å². The minimum Gasteiger partial charge on any atom is -0.306 e. The van der Waals surface area contributed by atoms with Gasteiger partial charge in [-0.1, -0.05) is 91.9 Å². The number of fused-ring (bicyclic) bond motifs is 1. The van der Waals surface area contributed by atoms with Crippen molar-refractivity contribution in [1.82, 2.24) is 0 Å². The van der Waals surface area contributed by atoms with Gasteiger partial charge in [0.05, 0.1) is 0 Å². The Morgan fingerprint density at radius 1 is 1.08 bits per heavy atom. The van der Waals surface area contributed by atoms with Crippen molar-refractivity contribution >= 4 is 17.0 Å². The Balaban J connectivity index is 1.93. The lowest BCUT2D eigenvalue weighted by atomic mass is 9.74. The van der Waals surface area contributed by atoms with Crippen molar-refractivity contribution < 1.29 is 0 Å². The second kappa shape index (κ2) is 8.11. The summed E-state index contributed by atoms with van der Waals surface area (Å²) in [7, 11) is 0. The highest BCUT2D eigenvalue weighted by Gasteiger charge is 2.30. The highest BCUT2D eigenvalue weighted by Crippen LogP contribution is 2.35. The van der Waals surface area contributed by atoms with Crippen molar-refractivity contribution in [2.75, 3.05) is 0 Å². The van der Waals surface area contributed by atoms with E-state index in [4.69, 9.17) is 10.7 Å². The van der Waals surface area contributed by atoms with Crippen LogP contribution in [0.3, 0.4) is 0 Å². The van der Waals surface area contributed by atoms with Gasteiger partial charge in [-0.25, -0.2) is 0 Å². The second-order valence-corrected chi connectivity index (χ2v) is 6.64. The molecule has 0 bridgehead atoms. The number of nitrogens with two attached hydrogens (primary N) is 1. The summed E-state index contributed by atoms with van der Waals surface area (Å²) in [6.07, 6.45) is 17.1. The molecule has 2 N–H and O–H groups in total. The lowest BCUT2D eigenvalue weighted by molar-refractivity contribution is 0.444. The van der Waals surface area contributed by atoms with Gasteiger partial charge in [0.1, 0.15) is 6.17 Å². The molecule has 0 aliphatic heterocycles. The second-order valence-electron chi connectivity index (χ2n) is 6.64. The quantitative estimate of drug-likeness (QED) is 0.527. The normalized spacial score (nSPS) is 18.1. The summed E-state index contributed by atoms with van der Waals surface area (Å²) in [6, 6.07) is 14.5. The first-order valence-corrected chi connectivity index (χ1v) is 9.13. The monoisotopic (exact) mass is 342 g/mol. The fraction of sp³-hybridized carbons (Fsp3) is 0.208. The molecule has 26 heavy (non-hydrogen) atoms. The zero-order valence-electron chi connectivity index (χ0n) is 15.3. The van der Waals surface area contributed by atoms with E-state index in [1.165, 1.54) is 5.39 Å². The summed E-state index contributed by atoms with van der Waals surface area (Å²) in [5, 5.41) is 2.33. The first-order valence-electron chi connectivity index (χ1n) is 9.13. The van der Waals surface area contributed by atoms with E-state index in [1.54, 1.807) is 0 Å². The van der Waals surface area contributed by atoms with Crippen molar-refractivity contribution in [1.29, 1.82) is 0 Å². The Morgan fingerprint density at radius 2 is 1.77 bits per heavy atom. The SMILES string of the molecule is C=CC(/C=N\C(N)c1cccc2ccccc12)(CC)C1C=CC=CC=C1. The maximum Gasteiger partial charge on any atom is 0.123 e. The highest BCUT2D eigenvalue weighted by atomic mass is 14.9.